The molecule has 0 aliphatic rings. The minimum absolute atomic E-state index is 0.102. The van der Waals surface area contributed by atoms with Crippen LogP contribution in [0.5, 0.6) is 0 Å². The second kappa shape index (κ2) is 25.1. The van der Waals surface area contributed by atoms with Crippen LogP contribution in [0.1, 0.15) is 175 Å². The number of carbonyl (C=O) groups excluding carboxylic acids is 3. The summed E-state index contributed by atoms with van der Waals surface area (Å²) < 4.78 is 0. The van der Waals surface area contributed by atoms with Gasteiger partial charge in [0.05, 0.1) is 0 Å². The van der Waals surface area contributed by atoms with Crippen molar-refractivity contribution in [2.75, 3.05) is 0 Å². The van der Waals surface area contributed by atoms with Gasteiger partial charge in [-0.3, -0.25) is 14.4 Å². The first kappa shape index (κ1) is 33.0. The highest BCUT2D eigenvalue weighted by molar-refractivity contribution is 6.19. The lowest BCUT2D eigenvalue weighted by Crippen LogP contribution is -2.32. The number of unbranched alkanes of at least 4 members (excludes halogenated alkanes) is 18. The van der Waals surface area contributed by atoms with E-state index < -0.39 is 5.92 Å². The van der Waals surface area contributed by atoms with E-state index in [1.54, 1.807) is 0 Å². The topological polar surface area (TPSA) is 51.2 Å². The first-order valence-electron chi connectivity index (χ1n) is 15.2. The molecule has 0 aliphatic heterocycles. The molecule has 0 saturated carbocycles. The fraction of sp³-hybridized carbons (Fsp3) is 0.903. The summed E-state index contributed by atoms with van der Waals surface area (Å²) in [5, 5.41) is 0. The first-order chi connectivity index (χ1) is 16.6. The SMILES string of the molecule is CCCCCCCCCC(=O)C(C(=O)CCCCCCCCC)C(=O)CCCCCCCCC. The van der Waals surface area contributed by atoms with E-state index in [0.29, 0.717) is 19.3 Å². The Labute approximate surface area is 212 Å². The van der Waals surface area contributed by atoms with Crippen LogP contribution in [0.15, 0.2) is 0 Å². The number of carbonyl (C=O) groups is 3. The summed E-state index contributed by atoms with van der Waals surface area (Å²) in [5.74, 6) is -1.28. The van der Waals surface area contributed by atoms with Crippen LogP contribution >= 0.6 is 0 Å². The highest BCUT2D eigenvalue weighted by Crippen LogP contribution is 2.19. The Hall–Kier alpha value is -0.990. The molecule has 0 heterocycles. The van der Waals surface area contributed by atoms with Crippen LogP contribution in [-0.4, -0.2) is 17.3 Å². The van der Waals surface area contributed by atoms with Crippen molar-refractivity contribution in [3.05, 3.63) is 0 Å². The van der Waals surface area contributed by atoms with Gasteiger partial charge in [-0.25, -0.2) is 0 Å². The molecule has 0 aromatic heterocycles. The van der Waals surface area contributed by atoms with Crippen LogP contribution in [0.3, 0.4) is 0 Å². The molecule has 0 aromatic carbocycles. The van der Waals surface area contributed by atoms with Gasteiger partial charge in [0.25, 0.3) is 0 Å². The largest absolute Gasteiger partial charge is 0.298 e. The number of hydrogen-bond donors (Lipinski definition) is 0. The van der Waals surface area contributed by atoms with Gasteiger partial charge in [0, 0.05) is 19.3 Å². The second-order valence-electron chi connectivity index (χ2n) is 10.4. The minimum Gasteiger partial charge on any atom is -0.298 e. The first-order valence-corrected chi connectivity index (χ1v) is 15.2. The third-order valence-corrected chi connectivity index (χ3v) is 7.05. The molecule has 0 aromatic rings. The Kier molecular flexibility index (Phi) is 24.4. The maximum Gasteiger partial charge on any atom is 0.150 e. The van der Waals surface area contributed by atoms with Crippen LogP contribution in [0, 0.1) is 5.92 Å². The molecule has 0 atom stereocenters. The highest BCUT2D eigenvalue weighted by Gasteiger charge is 2.31. The zero-order valence-electron chi connectivity index (χ0n) is 23.3. The van der Waals surface area contributed by atoms with E-state index in [-0.39, 0.29) is 17.3 Å². The molecule has 34 heavy (non-hydrogen) atoms. The maximum absolute atomic E-state index is 12.9. The molecule has 0 rings (SSSR count). The summed E-state index contributed by atoms with van der Waals surface area (Å²) in [6, 6.07) is 0. The monoisotopic (exact) mass is 478 g/mol. The van der Waals surface area contributed by atoms with Crippen molar-refractivity contribution >= 4 is 17.3 Å². The summed E-state index contributed by atoms with van der Waals surface area (Å²) in [6.45, 7) is 6.64. The Morgan fingerprint density at radius 2 is 0.559 bits per heavy atom. The Morgan fingerprint density at radius 1 is 0.353 bits per heavy atom. The molecule has 0 fully saturated rings. The van der Waals surface area contributed by atoms with Crippen molar-refractivity contribution < 1.29 is 14.4 Å². The highest BCUT2D eigenvalue weighted by atomic mass is 16.2. The normalized spacial score (nSPS) is 11.3. The fourth-order valence-corrected chi connectivity index (χ4v) is 4.74. The van der Waals surface area contributed by atoms with Crippen LogP contribution < -0.4 is 0 Å². The Bertz CT molecular complexity index is 426. The predicted molar refractivity (Wildman–Crippen MR) is 146 cm³/mol. The fourth-order valence-electron chi connectivity index (χ4n) is 4.74. The van der Waals surface area contributed by atoms with E-state index in [1.165, 1.54) is 77.0 Å². The Morgan fingerprint density at radius 3 is 0.794 bits per heavy atom. The van der Waals surface area contributed by atoms with Crippen LogP contribution in [0.4, 0.5) is 0 Å². The van der Waals surface area contributed by atoms with E-state index in [4.69, 9.17) is 0 Å². The standard InChI is InChI=1S/C31H58O3/c1-4-7-10-13-16-19-22-25-28(32)31(29(33)26-23-20-17-14-11-8-5-2)30(34)27-24-21-18-15-12-9-6-3/h31H,4-27H2,1-3H3. The molecule has 0 unspecified atom stereocenters. The molecule has 3 heteroatoms. The molecule has 0 spiro atoms. The summed E-state index contributed by atoms with van der Waals surface area (Å²) in [6.07, 6.45) is 25.2. The summed E-state index contributed by atoms with van der Waals surface area (Å²) >= 11 is 0. The molecular weight excluding hydrogens is 420 g/mol. The predicted octanol–water partition coefficient (Wildman–Crippen LogP) is 9.73. The Balaban J connectivity index is 4.49. The lowest BCUT2D eigenvalue weighted by Gasteiger charge is -2.14. The van der Waals surface area contributed by atoms with Gasteiger partial charge in [-0.05, 0) is 19.3 Å². The molecular formula is C31H58O3. The zero-order chi connectivity index (χ0) is 25.3. The number of ketones is 3. The van der Waals surface area contributed by atoms with Crippen molar-refractivity contribution in [3.8, 4) is 0 Å². The quantitative estimate of drug-likeness (QED) is 0.0871. The average Bonchev–Trinajstić information content (AvgIpc) is 2.82. The van der Waals surface area contributed by atoms with Crippen molar-refractivity contribution in [1.29, 1.82) is 0 Å². The van der Waals surface area contributed by atoms with Crippen molar-refractivity contribution in [2.45, 2.75) is 175 Å². The zero-order valence-corrected chi connectivity index (χ0v) is 23.3. The van der Waals surface area contributed by atoms with E-state index in [0.717, 1.165) is 57.8 Å². The molecule has 200 valence electrons. The third kappa shape index (κ3) is 19.3. The van der Waals surface area contributed by atoms with Crippen molar-refractivity contribution in [2.24, 2.45) is 5.92 Å². The summed E-state index contributed by atoms with van der Waals surface area (Å²) in [7, 11) is 0. The van der Waals surface area contributed by atoms with Gasteiger partial charge in [0.1, 0.15) is 5.92 Å². The smallest absolute Gasteiger partial charge is 0.150 e. The van der Waals surface area contributed by atoms with Gasteiger partial charge >= 0.3 is 0 Å². The maximum atomic E-state index is 12.9. The molecule has 0 bridgehead atoms. The van der Waals surface area contributed by atoms with E-state index in [9.17, 15) is 14.4 Å². The average molecular weight is 479 g/mol. The molecule has 0 radical (unpaired) electrons. The van der Waals surface area contributed by atoms with Crippen LogP contribution in [0.2, 0.25) is 0 Å². The van der Waals surface area contributed by atoms with Crippen molar-refractivity contribution in [3.63, 3.8) is 0 Å². The molecule has 0 aliphatic carbocycles. The number of hydrogen-bond acceptors (Lipinski definition) is 3. The number of rotatable bonds is 27. The van der Waals surface area contributed by atoms with Crippen LogP contribution in [-0.2, 0) is 14.4 Å². The lowest BCUT2D eigenvalue weighted by atomic mass is 9.86. The van der Waals surface area contributed by atoms with Gasteiger partial charge in [-0.15, -0.1) is 0 Å². The van der Waals surface area contributed by atoms with Gasteiger partial charge in [-0.1, -0.05) is 136 Å². The van der Waals surface area contributed by atoms with Gasteiger partial charge < -0.3 is 0 Å². The second-order valence-corrected chi connectivity index (χ2v) is 10.4. The summed E-state index contributed by atoms with van der Waals surface area (Å²) in [4.78, 5) is 38.8. The molecule has 0 amide bonds. The van der Waals surface area contributed by atoms with Crippen molar-refractivity contribution in [1.82, 2.24) is 0 Å². The lowest BCUT2D eigenvalue weighted by molar-refractivity contribution is -0.140. The third-order valence-electron chi connectivity index (χ3n) is 7.05. The summed E-state index contributed by atoms with van der Waals surface area (Å²) in [5.41, 5.74) is 0. The van der Waals surface area contributed by atoms with Gasteiger partial charge in [0.2, 0.25) is 0 Å². The van der Waals surface area contributed by atoms with Gasteiger partial charge in [0.15, 0.2) is 17.3 Å². The molecule has 0 N–H and O–H groups in total. The minimum atomic E-state index is -0.972. The van der Waals surface area contributed by atoms with Crippen LogP contribution in [0.25, 0.3) is 0 Å². The van der Waals surface area contributed by atoms with E-state index in [2.05, 4.69) is 20.8 Å². The van der Waals surface area contributed by atoms with E-state index >= 15 is 0 Å². The molecule has 3 nitrogen and oxygen atoms in total. The van der Waals surface area contributed by atoms with Gasteiger partial charge in [-0.2, -0.15) is 0 Å². The molecule has 0 saturated heterocycles. The number of Topliss-reactive ketones (excluding diaryl/α,β-unsaturated/α-hetero) is 3. The van der Waals surface area contributed by atoms with E-state index in [1.807, 2.05) is 0 Å².